The van der Waals surface area contributed by atoms with Crippen molar-refractivity contribution in [2.75, 3.05) is 0 Å². The van der Waals surface area contributed by atoms with Crippen molar-refractivity contribution in [1.29, 1.82) is 0 Å². The minimum atomic E-state index is -0.931. The molecule has 1 aromatic rings. The smallest absolute Gasteiger partial charge is 0.114 e. The molecule has 7 atom stereocenters. The van der Waals surface area contributed by atoms with Gasteiger partial charge in [-0.15, -0.1) is 5.10 Å². The summed E-state index contributed by atoms with van der Waals surface area (Å²) in [5.41, 5.74) is 3.24. The van der Waals surface area contributed by atoms with Gasteiger partial charge >= 0.3 is 0 Å². The lowest BCUT2D eigenvalue weighted by Gasteiger charge is -2.44. The second-order valence-corrected chi connectivity index (χ2v) is 11.6. The van der Waals surface area contributed by atoms with E-state index in [0.717, 1.165) is 24.1 Å². The molecule has 1 heterocycles. The third-order valence-corrected chi connectivity index (χ3v) is 9.24. The maximum absolute atomic E-state index is 10.5. The van der Waals surface area contributed by atoms with E-state index in [1.807, 2.05) is 17.8 Å². The largest absolute Gasteiger partial charge is 0.393 e. The van der Waals surface area contributed by atoms with E-state index in [1.165, 1.54) is 31.3 Å². The Kier molecular flexibility index (Phi) is 7.24. The Balaban J connectivity index is 1.48. The van der Waals surface area contributed by atoms with Crippen molar-refractivity contribution in [3.8, 4) is 0 Å². The van der Waals surface area contributed by atoms with Crippen LogP contribution < -0.4 is 0 Å². The highest BCUT2D eigenvalue weighted by molar-refractivity contribution is 5.38. The number of allylic oxidation sites excluding steroid dienone is 3. The van der Waals surface area contributed by atoms with E-state index < -0.39 is 17.8 Å². The van der Waals surface area contributed by atoms with E-state index in [2.05, 4.69) is 42.9 Å². The Hall–Kier alpha value is -1.76. The zero-order valence-corrected chi connectivity index (χ0v) is 21.4. The van der Waals surface area contributed by atoms with E-state index in [1.54, 1.807) is 6.92 Å². The van der Waals surface area contributed by atoms with E-state index in [4.69, 9.17) is 0 Å². The first-order valence-corrected chi connectivity index (χ1v) is 13.1. The maximum Gasteiger partial charge on any atom is 0.114 e. The normalized spacial score (nSPS) is 37.1. The van der Waals surface area contributed by atoms with Crippen molar-refractivity contribution in [2.45, 2.75) is 103 Å². The molecular weight excluding hydrogens is 426 g/mol. The number of aliphatic hydroxyl groups excluding tert-OH is 2. The average Bonchev–Trinajstić information content (AvgIpc) is 3.39. The van der Waals surface area contributed by atoms with Gasteiger partial charge in [0.05, 0.1) is 18.4 Å². The molecule has 3 N–H and O–H groups in total. The first-order valence-electron chi connectivity index (χ1n) is 13.1. The van der Waals surface area contributed by atoms with Gasteiger partial charge in [-0.05, 0) is 86.2 Å². The lowest BCUT2D eigenvalue weighted by atomic mass is 9.61. The van der Waals surface area contributed by atoms with Gasteiger partial charge in [-0.1, -0.05) is 50.3 Å². The van der Waals surface area contributed by atoms with Gasteiger partial charge in [0.25, 0.3) is 0 Å². The van der Waals surface area contributed by atoms with Gasteiger partial charge in [-0.25, -0.2) is 0 Å². The molecule has 34 heavy (non-hydrogen) atoms. The molecule has 3 aliphatic rings. The van der Waals surface area contributed by atoms with Crippen LogP contribution >= 0.6 is 0 Å². The van der Waals surface area contributed by atoms with Crippen LogP contribution in [0.4, 0.5) is 0 Å². The number of aromatic nitrogens is 3. The molecule has 0 amide bonds. The molecule has 0 bridgehead atoms. The highest BCUT2D eigenvalue weighted by atomic mass is 16.3. The second-order valence-electron chi connectivity index (χ2n) is 11.6. The molecule has 1 unspecified atom stereocenters. The van der Waals surface area contributed by atoms with Crippen molar-refractivity contribution in [1.82, 2.24) is 15.0 Å². The van der Waals surface area contributed by atoms with Crippen LogP contribution in [0.15, 0.2) is 41.6 Å². The number of nitrogens with zero attached hydrogens (tertiary/aromatic N) is 3. The fourth-order valence-electron chi connectivity index (χ4n) is 6.92. The summed E-state index contributed by atoms with van der Waals surface area (Å²) in [6.45, 7) is 13.5. The van der Waals surface area contributed by atoms with Crippen LogP contribution in [-0.2, 0) is 12.1 Å². The van der Waals surface area contributed by atoms with Gasteiger partial charge in [-0.2, -0.15) is 0 Å². The molecule has 0 saturated heterocycles. The molecule has 3 aliphatic carbocycles. The highest BCUT2D eigenvalue weighted by Gasteiger charge is 2.50. The van der Waals surface area contributed by atoms with Crippen LogP contribution in [0.3, 0.4) is 0 Å². The summed E-state index contributed by atoms with van der Waals surface area (Å²) >= 11 is 0. The molecule has 0 spiro atoms. The summed E-state index contributed by atoms with van der Waals surface area (Å²) in [6.07, 6.45) is 12.7. The first kappa shape index (κ1) is 25.3. The third kappa shape index (κ3) is 4.82. The van der Waals surface area contributed by atoms with Gasteiger partial charge in [0, 0.05) is 13.0 Å². The van der Waals surface area contributed by atoms with Gasteiger partial charge in [0.1, 0.15) is 11.3 Å². The SMILES string of the molecule is C=C1/C(=C\C=C2CCC[C@]3(C)[C@@H]([C@H](C)Cn4cc(C(C)(O)CC)nn4)CC[C@@H]23)C[C@H](O)C[C@H]1O. The quantitative estimate of drug-likeness (QED) is 0.563. The standard InChI is InChI=1S/C28H43N3O3/c1-6-28(5,34)26-17-31(30-29-26)16-18(2)23-11-12-24-20(8-7-13-27(23,24)4)9-10-21-14-22(32)15-25(33)19(21)3/h9-10,17-18,22-25,32-34H,3,6-8,11-16H2,1-2,4-5H3/b20-9?,21-10-/t18-,22+,23-,24+,25-,27-,28?/m1/s1. The number of fused-ring (bicyclic) bond motifs is 1. The highest BCUT2D eigenvalue weighted by Crippen LogP contribution is 2.59. The minimum absolute atomic E-state index is 0.267. The van der Waals surface area contributed by atoms with Gasteiger partial charge < -0.3 is 15.3 Å². The molecule has 4 rings (SSSR count). The molecule has 0 aromatic carbocycles. The van der Waals surface area contributed by atoms with Crippen LogP contribution in [0, 0.1) is 23.2 Å². The third-order valence-electron chi connectivity index (χ3n) is 9.24. The summed E-state index contributed by atoms with van der Waals surface area (Å²) in [5, 5.41) is 39.3. The minimum Gasteiger partial charge on any atom is -0.393 e. The molecule has 6 nitrogen and oxygen atoms in total. The number of aliphatic hydroxyl groups is 3. The maximum atomic E-state index is 10.5. The van der Waals surface area contributed by atoms with Gasteiger partial charge in [0.2, 0.25) is 0 Å². The zero-order valence-electron chi connectivity index (χ0n) is 21.4. The van der Waals surface area contributed by atoms with Crippen LogP contribution in [0.1, 0.15) is 84.8 Å². The molecule has 6 heteroatoms. The Labute approximate surface area is 204 Å². The Bertz CT molecular complexity index is 962. The summed E-state index contributed by atoms with van der Waals surface area (Å²) in [6, 6.07) is 0. The predicted octanol–water partition coefficient (Wildman–Crippen LogP) is 4.67. The second kappa shape index (κ2) is 9.71. The van der Waals surface area contributed by atoms with E-state index in [-0.39, 0.29) is 5.41 Å². The van der Waals surface area contributed by atoms with Crippen LogP contribution in [0.2, 0.25) is 0 Å². The Morgan fingerprint density at radius 2 is 2.09 bits per heavy atom. The zero-order chi connectivity index (χ0) is 24.7. The van der Waals surface area contributed by atoms with Crippen molar-refractivity contribution in [3.63, 3.8) is 0 Å². The van der Waals surface area contributed by atoms with E-state index in [9.17, 15) is 15.3 Å². The summed E-state index contributed by atoms with van der Waals surface area (Å²) in [5.74, 6) is 1.66. The van der Waals surface area contributed by atoms with Gasteiger partial charge in [-0.3, -0.25) is 4.68 Å². The molecule has 3 fully saturated rings. The van der Waals surface area contributed by atoms with Crippen LogP contribution in [0.5, 0.6) is 0 Å². The summed E-state index contributed by atoms with van der Waals surface area (Å²) < 4.78 is 1.91. The molecule has 0 aliphatic heterocycles. The Morgan fingerprint density at radius 3 is 2.82 bits per heavy atom. The van der Waals surface area contributed by atoms with E-state index in [0.29, 0.717) is 42.7 Å². The summed E-state index contributed by atoms with van der Waals surface area (Å²) in [4.78, 5) is 0. The monoisotopic (exact) mass is 469 g/mol. The average molecular weight is 470 g/mol. The van der Waals surface area contributed by atoms with E-state index >= 15 is 0 Å². The molecule has 3 saturated carbocycles. The first-order chi connectivity index (χ1) is 16.0. The number of rotatable bonds is 6. The van der Waals surface area contributed by atoms with Crippen molar-refractivity contribution >= 4 is 0 Å². The fraction of sp³-hybridized carbons (Fsp3) is 0.714. The number of hydrogen-bond donors (Lipinski definition) is 3. The molecular formula is C28H43N3O3. The summed E-state index contributed by atoms with van der Waals surface area (Å²) in [7, 11) is 0. The van der Waals surface area contributed by atoms with Crippen molar-refractivity contribution < 1.29 is 15.3 Å². The lowest BCUT2D eigenvalue weighted by Crippen LogP contribution is -2.37. The topological polar surface area (TPSA) is 91.4 Å². The molecule has 0 radical (unpaired) electrons. The van der Waals surface area contributed by atoms with Crippen molar-refractivity contribution in [2.24, 2.45) is 23.2 Å². The van der Waals surface area contributed by atoms with Crippen LogP contribution in [0.25, 0.3) is 0 Å². The van der Waals surface area contributed by atoms with Crippen molar-refractivity contribution in [3.05, 3.63) is 47.3 Å². The fourth-order valence-corrected chi connectivity index (χ4v) is 6.92. The number of hydrogen-bond acceptors (Lipinski definition) is 5. The Morgan fingerprint density at radius 1 is 1.32 bits per heavy atom. The van der Waals surface area contributed by atoms with Crippen LogP contribution in [-0.4, -0.2) is 42.5 Å². The lowest BCUT2D eigenvalue weighted by molar-refractivity contribution is 0.0483. The van der Waals surface area contributed by atoms with Gasteiger partial charge in [0.15, 0.2) is 0 Å². The molecule has 1 aromatic heterocycles. The predicted molar refractivity (Wildman–Crippen MR) is 134 cm³/mol. The molecule has 188 valence electrons.